The van der Waals surface area contributed by atoms with Gasteiger partial charge in [-0.15, -0.1) is 0 Å². The minimum Gasteiger partial charge on any atom is -0.466 e. The number of carbonyl (C=O) groups is 2. The first kappa shape index (κ1) is 13.9. The molecular weight excluding hydrogens is 234 g/mol. The van der Waals surface area contributed by atoms with Gasteiger partial charge in [0.25, 0.3) is 0 Å². The number of hydrogen-bond donors (Lipinski definition) is 0. The minimum absolute atomic E-state index is 0.294. The molecule has 0 spiro atoms. The second-order valence-electron chi connectivity index (χ2n) is 3.57. The van der Waals surface area contributed by atoms with Crippen molar-refractivity contribution in [2.24, 2.45) is 0 Å². The average molecular weight is 250 g/mol. The van der Waals surface area contributed by atoms with Gasteiger partial charge in [0, 0.05) is 24.6 Å². The molecule has 5 nitrogen and oxygen atoms in total. The maximum Gasteiger partial charge on any atom is 0.330 e. The monoisotopic (exact) mass is 250 g/mol. The van der Waals surface area contributed by atoms with Crippen molar-refractivity contribution in [3.8, 4) is 0 Å². The molecule has 18 heavy (non-hydrogen) atoms. The SMILES string of the molecule is COC(=O)/C=C/c1ccc[n+](CCOC(C)=O)c1. The van der Waals surface area contributed by atoms with E-state index in [2.05, 4.69) is 4.74 Å². The van der Waals surface area contributed by atoms with Crippen LogP contribution in [0.1, 0.15) is 12.5 Å². The molecule has 1 heterocycles. The quantitative estimate of drug-likeness (QED) is 0.439. The Bertz CT molecular complexity index is 454. The van der Waals surface area contributed by atoms with Crippen LogP contribution in [0.15, 0.2) is 30.6 Å². The molecule has 0 aliphatic rings. The van der Waals surface area contributed by atoms with Gasteiger partial charge in [-0.2, -0.15) is 0 Å². The van der Waals surface area contributed by atoms with Crippen molar-refractivity contribution in [3.63, 3.8) is 0 Å². The Kier molecular flexibility index (Phi) is 5.57. The molecule has 0 aliphatic heterocycles. The van der Waals surface area contributed by atoms with Gasteiger partial charge in [-0.25, -0.2) is 9.36 Å². The summed E-state index contributed by atoms with van der Waals surface area (Å²) in [6.07, 6.45) is 6.72. The van der Waals surface area contributed by atoms with Gasteiger partial charge in [0.05, 0.1) is 7.11 Å². The highest BCUT2D eigenvalue weighted by atomic mass is 16.5. The van der Waals surface area contributed by atoms with E-state index < -0.39 is 5.97 Å². The summed E-state index contributed by atoms with van der Waals surface area (Å²) in [6, 6.07) is 3.71. The number of aromatic nitrogens is 1. The van der Waals surface area contributed by atoms with E-state index in [1.54, 1.807) is 6.08 Å². The molecule has 0 fully saturated rings. The summed E-state index contributed by atoms with van der Waals surface area (Å²) in [5.41, 5.74) is 0.866. The molecule has 0 unspecified atom stereocenters. The summed E-state index contributed by atoms with van der Waals surface area (Å²) in [5, 5.41) is 0. The molecule has 0 N–H and O–H groups in total. The standard InChI is InChI=1S/C13H16NO4/c1-11(15)18-9-8-14-7-3-4-12(10-14)5-6-13(16)17-2/h3-7,10H,8-9H2,1-2H3/q+1/b6-5+. The Balaban J connectivity index is 2.59. The zero-order valence-electron chi connectivity index (χ0n) is 10.5. The maximum absolute atomic E-state index is 10.9. The molecule has 1 aromatic heterocycles. The number of nitrogens with zero attached hydrogens (tertiary/aromatic N) is 1. The fraction of sp³-hybridized carbons (Fsp3) is 0.308. The van der Waals surface area contributed by atoms with E-state index in [1.165, 1.54) is 20.1 Å². The van der Waals surface area contributed by atoms with Crippen LogP contribution >= 0.6 is 0 Å². The van der Waals surface area contributed by atoms with Gasteiger partial charge in [-0.3, -0.25) is 4.79 Å². The molecule has 1 aromatic rings. The Labute approximate surface area is 106 Å². The van der Waals surface area contributed by atoms with Crippen LogP contribution in [0.4, 0.5) is 0 Å². The van der Waals surface area contributed by atoms with E-state index in [0.717, 1.165) is 5.56 Å². The number of hydrogen-bond acceptors (Lipinski definition) is 4. The Morgan fingerprint density at radius 3 is 2.89 bits per heavy atom. The fourth-order valence-electron chi connectivity index (χ4n) is 1.31. The molecule has 0 saturated heterocycles. The number of ether oxygens (including phenoxy) is 2. The summed E-state index contributed by atoms with van der Waals surface area (Å²) in [7, 11) is 1.33. The van der Waals surface area contributed by atoms with E-state index in [4.69, 9.17) is 4.74 Å². The third kappa shape index (κ3) is 5.25. The lowest BCUT2D eigenvalue weighted by atomic mass is 10.2. The molecule has 0 saturated carbocycles. The molecular formula is C13H16NO4+. The molecule has 0 atom stereocenters. The van der Waals surface area contributed by atoms with Gasteiger partial charge in [-0.05, 0) is 12.1 Å². The molecule has 5 heteroatoms. The second-order valence-corrected chi connectivity index (χ2v) is 3.57. The number of pyridine rings is 1. The van der Waals surface area contributed by atoms with Crippen LogP contribution in [0.5, 0.6) is 0 Å². The summed E-state index contributed by atoms with van der Waals surface area (Å²) in [4.78, 5) is 21.6. The van der Waals surface area contributed by atoms with Gasteiger partial charge in [0.15, 0.2) is 25.5 Å². The van der Waals surface area contributed by atoms with E-state index in [9.17, 15) is 9.59 Å². The predicted octanol–water partition coefficient (Wildman–Crippen LogP) is 0.723. The van der Waals surface area contributed by atoms with Crippen molar-refractivity contribution >= 4 is 18.0 Å². The fourth-order valence-corrected chi connectivity index (χ4v) is 1.31. The lowest BCUT2D eigenvalue weighted by molar-refractivity contribution is -0.698. The minimum atomic E-state index is -0.398. The number of carbonyl (C=O) groups excluding carboxylic acids is 2. The van der Waals surface area contributed by atoms with Crippen molar-refractivity contribution in [3.05, 3.63) is 36.2 Å². The van der Waals surface area contributed by atoms with Crippen molar-refractivity contribution in [1.82, 2.24) is 0 Å². The molecule has 0 bridgehead atoms. The summed E-state index contributed by atoms with van der Waals surface area (Å²) < 4.78 is 11.2. The summed E-state index contributed by atoms with van der Waals surface area (Å²) >= 11 is 0. The number of rotatable bonds is 5. The third-order valence-corrected chi connectivity index (χ3v) is 2.15. The largest absolute Gasteiger partial charge is 0.466 e. The maximum atomic E-state index is 10.9. The zero-order valence-corrected chi connectivity index (χ0v) is 10.5. The second kappa shape index (κ2) is 7.21. The van der Waals surface area contributed by atoms with Crippen molar-refractivity contribution in [2.45, 2.75) is 13.5 Å². The third-order valence-electron chi connectivity index (χ3n) is 2.15. The van der Waals surface area contributed by atoms with Crippen LogP contribution in [0, 0.1) is 0 Å². The topological polar surface area (TPSA) is 56.5 Å². The van der Waals surface area contributed by atoms with E-state index in [0.29, 0.717) is 13.2 Å². The highest BCUT2D eigenvalue weighted by molar-refractivity contribution is 5.86. The first-order valence-corrected chi connectivity index (χ1v) is 5.50. The van der Waals surface area contributed by atoms with Gasteiger partial charge >= 0.3 is 11.9 Å². The van der Waals surface area contributed by atoms with Gasteiger partial charge in [0.1, 0.15) is 0 Å². The first-order chi connectivity index (χ1) is 8.61. The van der Waals surface area contributed by atoms with Crippen LogP contribution in [-0.4, -0.2) is 25.7 Å². The normalized spacial score (nSPS) is 10.3. The van der Waals surface area contributed by atoms with Crippen molar-refractivity contribution in [2.75, 3.05) is 13.7 Å². The summed E-state index contributed by atoms with van der Waals surface area (Å²) in [5.74, 6) is -0.692. The smallest absolute Gasteiger partial charge is 0.330 e. The lowest BCUT2D eigenvalue weighted by Crippen LogP contribution is -2.35. The zero-order chi connectivity index (χ0) is 13.4. The number of esters is 2. The van der Waals surface area contributed by atoms with Gasteiger partial charge in [0.2, 0.25) is 0 Å². The van der Waals surface area contributed by atoms with Gasteiger partial charge < -0.3 is 9.47 Å². The van der Waals surface area contributed by atoms with Crippen LogP contribution in [0.25, 0.3) is 6.08 Å². The Morgan fingerprint density at radius 1 is 1.44 bits per heavy atom. The highest BCUT2D eigenvalue weighted by Crippen LogP contribution is 1.98. The van der Waals surface area contributed by atoms with Crippen LogP contribution in [0.2, 0.25) is 0 Å². The van der Waals surface area contributed by atoms with Crippen molar-refractivity contribution in [1.29, 1.82) is 0 Å². The van der Waals surface area contributed by atoms with E-state index in [-0.39, 0.29) is 5.97 Å². The van der Waals surface area contributed by atoms with Gasteiger partial charge in [-0.1, -0.05) is 0 Å². The van der Waals surface area contributed by atoms with E-state index >= 15 is 0 Å². The molecule has 0 aromatic carbocycles. The molecule has 96 valence electrons. The molecule has 0 amide bonds. The number of methoxy groups -OCH3 is 1. The molecule has 1 rings (SSSR count). The molecule has 0 radical (unpaired) electrons. The first-order valence-electron chi connectivity index (χ1n) is 5.50. The summed E-state index contributed by atoms with van der Waals surface area (Å²) in [6.45, 7) is 2.27. The van der Waals surface area contributed by atoms with Crippen LogP contribution < -0.4 is 4.57 Å². The lowest BCUT2D eigenvalue weighted by Gasteiger charge is -1.99. The van der Waals surface area contributed by atoms with Crippen molar-refractivity contribution < 1.29 is 23.6 Å². The van der Waals surface area contributed by atoms with Crippen LogP contribution in [0.3, 0.4) is 0 Å². The van der Waals surface area contributed by atoms with E-state index in [1.807, 2.05) is 29.1 Å². The Hall–Kier alpha value is -2.17. The van der Waals surface area contributed by atoms with Crippen LogP contribution in [-0.2, 0) is 25.6 Å². The predicted molar refractivity (Wildman–Crippen MR) is 64.3 cm³/mol. The average Bonchev–Trinajstić information content (AvgIpc) is 2.36. The highest BCUT2D eigenvalue weighted by Gasteiger charge is 2.02. The molecule has 0 aliphatic carbocycles. The Morgan fingerprint density at radius 2 is 2.22 bits per heavy atom.